The van der Waals surface area contributed by atoms with E-state index in [4.69, 9.17) is 4.74 Å². The molecule has 0 saturated carbocycles. The highest BCUT2D eigenvalue weighted by atomic mass is 16.5. The first kappa shape index (κ1) is 8.28. The van der Waals surface area contributed by atoms with E-state index in [9.17, 15) is 0 Å². The number of hydrogen-bond acceptors (Lipinski definition) is 1. The molecule has 52 valence electrons. The van der Waals surface area contributed by atoms with Gasteiger partial charge < -0.3 is 4.74 Å². The maximum absolute atomic E-state index is 5.21. The molecule has 0 aromatic rings. The molecule has 0 aliphatic carbocycles. The van der Waals surface area contributed by atoms with Crippen LogP contribution >= 0.6 is 0 Å². The molecule has 0 spiro atoms. The minimum Gasteiger partial charge on any atom is -0.494 e. The van der Waals surface area contributed by atoms with E-state index in [-0.39, 0.29) is 0 Å². The number of rotatable bonds is 3. The maximum atomic E-state index is 5.21. The van der Waals surface area contributed by atoms with Gasteiger partial charge in [-0.3, -0.25) is 0 Å². The van der Waals surface area contributed by atoms with E-state index < -0.39 is 0 Å². The normalized spacial score (nSPS) is 12.6. The van der Waals surface area contributed by atoms with Gasteiger partial charge in [0.25, 0.3) is 0 Å². The Morgan fingerprint density at radius 3 is 2.44 bits per heavy atom. The van der Waals surface area contributed by atoms with Gasteiger partial charge in [0.2, 0.25) is 0 Å². The van der Waals surface area contributed by atoms with Crippen LogP contribution in [0.4, 0.5) is 0 Å². The molecule has 1 heteroatoms. The molecule has 0 radical (unpaired) electrons. The van der Waals surface area contributed by atoms with Gasteiger partial charge in [-0.1, -0.05) is 6.08 Å². The Labute approximate surface area is 57.0 Å². The zero-order valence-electron chi connectivity index (χ0n) is 6.35. The molecule has 0 rings (SSSR count). The van der Waals surface area contributed by atoms with Crippen molar-refractivity contribution in [2.45, 2.75) is 20.8 Å². The van der Waals surface area contributed by atoms with Crippen molar-refractivity contribution < 1.29 is 4.74 Å². The third kappa shape index (κ3) is 3.83. The van der Waals surface area contributed by atoms with Crippen molar-refractivity contribution in [3.63, 3.8) is 0 Å². The first-order valence-corrected chi connectivity index (χ1v) is 3.27. The zero-order valence-corrected chi connectivity index (χ0v) is 6.35. The molecule has 0 atom stereocenters. The third-order valence-corrected chi connectivity index (χ3v) is 0.926. The summed E-state index contributed by atoms with van der Waals surface area (Å²) in [7, 11) is 0. The molecule has 0 N–H and O–H groups in total. The van der Waals surface area contributed by atoms with E-state index in [1.165, 1.54) is 0 Å². The fourth-order valence-electron chi connectivity index (χ4n) is 0.559. The monoisotopic (exact) mass is 126 g/mol. The van der Waals surface area contributed by atoms with Gasteiger partial charge in [-0.15, -0.1) is 0 Å². The first-order valence-electron chi connectivity index (χ1n) is 3.27. The van der Waals surface area contributed by atoms with E-state index >= 15 is 0 Å². The Balaban J connectivity index is 3.70. The van der Waals surface area contributed by atoms with Crippen molar-refractivity contribution in [1.29, 1.82) is 0 Å². The number of ether oxygens (including phenoxy) is 1. The second-order valence-electron chi connectivity index (χ2n) is 1.62. The Kier molecular flexibility index (Phi) is 4.98. The van der Waals surface area contributed by atoms with Gasteiger partial charge in [-0.25, -0.2) is 0 Å². The van der Waals surface area contributed by atoms with Gasteiger partial charge in [-0.05, 0) is 32.9 Å². The molecule has 1 nitrogen and oxygen atoms in total. The summed E-state index contributed by atoms with van der Waals surface area (Å²) in [5.74, 6) is 0.944. The predicted octanol–water partition coefficient (Wildman–Crippen LogP) is 2.50. The van der Waals surface area contributed by atoms with Gasteiger partial charge in [-0.2, -0.15) is 0 Å². The molecule has 0 bridgehead atoms. The van der Waals surface area contributed by atoms with Crippen LogP contribution in [0.15, 0.2) is 24.0 Å². The Morgan fingerprint density at radius 2 is 2.11 bits per heavy atom. The molecular weight excluding hydrogens is 112 g/mol. The average molecular weight is 126 g/mol. The largest absolute Gasteiger partial charge is 0.494 e. The van der Waals surface area contributed by atoms with E-state index in [0.717, 1.165) is 12.4 Å². The summed E-state index contributed by atoms with van der Waals surface area (Å²) in [6, 6.07) is 0. The molecule has 0 unspecified atom stereocenters. The Morgan fingerprint density at radius 1 is 1.44 bits per heavy atom. The average Bonchev–Trinajstić information content (AvgIpc) is 1.88. The lowest BCUT2D eigenvalue weighted by molar-refractivity contribution is 0.242. The Bertz CT molecular complexity index is 112. The summed E-state index contributed by atoms with van der Waals surface area (Å²) < 4.78 is 5.21. The smallest absolute Gasteiger partial charge is 0.114 e. The highest BCUT2D eigenvalue weighted by Gasteiger charge is 1.83. The highest BCUT2D eigenvalue weighted by Crippen LogP contribution is 1.97. The highest BCUT2D eigenvalue weighted by molar-refractivity contribution is 5.09. The van der Waals surface area contributed by atoms with Crippen LogP contribution in [0.5, 0.6) is 0 Å². The van der Waals surface area contributed by atoms with E-state index in [2.05, 4.69) is 0 Å². The molecule has 0 amide bonds. The van der Waals surface area contributed by atoms with Crippen LogP contribution in [0.25, 0.3) is 0 Å². The van der Waals surface area contributed by atoms with Gasteiger partial charge in [0.05, 0.1) is 6.61 Å². The van der Waals surface area contributed by atoms with Crippen LogP contribution in [0.1, 0.15) is 20.8 Å². The van der Waals surface area contributed by atoms with Crippen LogP contribution in [-0.2, 0) is 4.74 Å². The third-order valence-electron chi connectivity index (χ3n) is 0.926. The van der Waals surface area contributed by atoms with Crippen molar-refractivity contribution >= 4 is 0 Å². The van der Waals surface area contributed by atoms with Gasteiger partial charge in [0, 0.05) is 0 Å². The SMILES string of the molecule is C/C=C/C(=C\C)OCC. The molecule has 0 saturated heterocycles. The molecule has 9 heavy (non-hydrogen) atoms. The number of hydrogen-bond donors (Lipinski definition) is 0. The Hall–Kier alpha value is -0.720. The fourth-order valence-corrected chi connectivity index (χ4v) is 0.559. The van der Waals surface area contributed by atoms with Crippen LogP contribution in [0.3, 0.4) is 0 Å². The minimum absolute atomic E-state index is 0.740. The maximum Gasteiger partial charge on any atom is 0.114 e. The lowest BCUT2D eigenvalue weighted by atomic mass is 10.4. The quantitative estimate of drug-likeness (QED) is 0.417. The second-order valence-corrected chi connectivity index (χ2v) is 1.62. The molecule has 0 fully saturated rings. The molecule has 0 aliphatic heterocycles. The van der Waals surface area contributed by atoms with Crippen LogP contribution < -0.4 is 0 Å². The lowest BCUT2D eigenvalue weighted by Crippen LogP contribution is -1.86. The summed E-state index contributed by atoms with van der Waals surface area (Å²) >= 11 is 0. The summed E-state index contributed by atoms with van der Waals surface area (Å²) in [5.41, 5.74) is 0. The molecular formula is C8H14O. The molecule has 0 aromatic heterocycles. The van der Waals surface area contributed by atoms with Crippen molar-refractivity contribution in [2.24, 2.45) is 0 Å². The molecule has 0 aromatic carbocycles. The fraction of sp³-hybridized carbons (Fsp3) is 0.500. The van der Waals surface area contributed by atoms with Crippen LogP contribution in [-0.4, -0.2) is 6.61 Å². The van der Waals surface area contributed by atoms with E-state index in [1.807, 2.05) is 39.0 Å². The van der Waals surface area contributed by atoms with Crippen molar-refractivity contribution in [3.05, 3.63) is 24.0 Å². The summed E-state index contributed by atoms with van der Waals surface area (Å²) in [6.07, 6.45) is 5.86. The topological polar surface area (TPSA) is 9.23 Å². The van der Waals surface area contributed by atoms with Crippen LogP contribution in [0, 0.1) is 0 Å². The molecule has 0 aliphatic rings. The van der Waals surface area contributed by atoms with Crippen LogP contribution in [0.2, 0.25) is 0 Å². The summed E-state index contributed by atoms with van der Waals surface area (Å²) in [4.78, 5) is 0. The van der Waals surface area contributed by atoms with Gasteiger partial charge in [0.1, 0.15) is 5.76 Å². The van der Waals surface area contributed by atoms with E-state index in [0.29, 0.717) is 0 Å². The predicted molar refractivity (Wildman–Crippen MR) is 40.2 cm³/mol. The molecule has 0 heterocycles. The number of allylic oxidation sites excluding steroid dienone is 3. The van der Waals surface area contributed by atoms with Crippen molar-refractivity contribution in [1.82, 2.24) is 0 Å². The van der Waals surface area contributed by atoms with E-state index in [1.54, 1.807) is 0 Å². The summed E-state index contributed by atoms with van der Waals surface area (Å²) in [6.45, 7) is 6.66. The lowest BCUT2D eigenvalue weighted by Gasteiger charge is -2.00. The first-order chi connectivity index (χ1) is 4.35. The zero-order chi connectivity index (χ0) is 7.11. The van der Waals surface area contributed by atoms with Gasteiger partial charge >= 0.3 is 0 Å². The minimum atomic E-state index is 0.740. The summed E-state index contributed by atoms with van der Waals surface area (Å²) in [5, 5.41) is 0. The van der Waals surface area contributed by atoms with Gasteiger partial charge in [0.15, 0.2) is 0 Å². The van der Waals surface area contributed by atoms with Crippen molar-refractivity contribution in [2.75, 3.05) is 6.61 Å². The second kappa shape index (κ2) is 5.42. The van der Waals surface area contributed by atoms with Crippen molar-refractivity contribution in [3.8, 4) is 0 Å². The standard InChI is InChI=1S/C8H14O/c1-4-7-8(5-2)9-6-3/h4-5,7H,6H2,1-3H3/b7-4+,8-5+.